The van der Waals surface area contributed by atoms with E-state index in [0.717, 1.165) is 32.1 Å². The minimum Gasteiger partial charge on any atom is -0.466 e. The van der Waals surface area contributed by atoms with Crippen molar-refractivity contribution in [2.75, 3.05) is 6.61 Å². The fourth-order valence-corrected chi connectivity index (χ4v) is 1.68. The molecule has 0 radical (unpaired) electrons. The Morgan fingerprint density at radius 2 is 1.50 bits per heavy atom. The number of unbranched alkanes of at least 4 members (excludes halogenated alkanes) is 6. The third-order valence-electron chi connectivity index (χ3n) is 2.90. The summed E-state index contributed by atoms with van der Waals surface area (Å²) in [5, 5.41) is 0. The van der Waals surface area contributed by atoms with E-state index >= 15 is 0 Å². The molecule has 0 heterocycles. The number of hydrogen-bond acceptors (Lipinski definition) is 2. The molecular weight excluding hydrogens is 224 g/mol. The van der Waals surface area contributed by atoms with E-state index in [-0.39, 0.29) is 5.97 Å². The maximum Gasteiger partial charge on any atom is 0.305 e. The minimum absolute atomic E-state index is 0.0321. The first kappa shape index (κ1) is 17.2. The van der Waals surface area contributed by atoms with Crippen molar-refractivity contribution in [2.24, 2.45) is 0 Å². The fourth-order valence-electron chi connectivity index (χ4n) is 1.68. The minimum atomic E-state index is -0.0321. The number of hydrogen-bond donors (Lipinski definition) is 0. The quantitative estimate of drug-likeness (QED) is 0.277. The molecule has 2 nitrogen and oxygen atoms in total. The maximum atomic E-state index is 11.3. The van der Waals surface area contributed by atoms with Gasteiger partial charge in [-0.3, -0.25) is 4.79 Å². The zero-order valence-corrected chi connectivity index (χ0v) is 12.2. The van der Waals surface area contributed by atoms with Gasteiger partial charge in [0.05, 0.1) is 6.61 Å². The predicted octanol–water partition coefficient (Wildman–Crippen LogP) is 5.03. The Labute approximate surface area is 113 Å². The van der Waals surface area contributed by atoms with Gasteiger partial charge >= 0.3 is 5.97 Å². The smallest absolute Gasteiger partial charge is 0.305 e. The second-order valence-electron chi connectivity index (χ2n) is 4.79. The summed E-state index contributed by atoms with van der Waals surface area (Å²) in [5.41, 5.74) is 0. The normalized spacial score (nSPS) is 11.0. The van der Waals surface area contributed by atoms with Gasteiger partial charge in [-0.25, -0.2) is 0 Å². The second-order valence-corrected chi connectivity index (χ2v) is 4.79. The third kappa shape index (κ3) is 13.3. The first-order valence-corrected chi connectivity index (χ1v) is 7.61. The van der Waals surface area contributed by atoms with Crippen molar-refractivity contribution in [3.8, 4) is 0 Å². The summed E-state index contributed by atoms with van der Waals surface area (Å²) in [6, 6.07) is 0. The molecule has 0 bridgehead atoms. The van der Waals surface area contributed by atoms with E-state index in [4.69, 9.17) is 4.74 Å². The van der Waals surface area contributed by atoms with Crippen LogP contribution in [0.3, 0.4) is 0 Å². The van der Waals surface area contributed by atoms with E-state index in [0.29, 0.717) is 13.0 Å². The number of ether oxygens (including phenoxy) is 1. The molecule has 0 aromatic rings. The van der Waals surface area contributed by atoms with Crippen LogP contribution in [-0.4, -0.2) is 12.6 Å². The van der Waals surface area contributed by atoms with E-state index in [1.54, 1.807) is 0 Å². The highest BCUT2D eigenvalue weighted by Crippen LogP contribution is 2.05. The molecule has 0 aromatic heterocycles. The Bertz CT molecular complexity index is 209. The zero-order valence-electron chi connectivity index (χ0n) is 12.2. The summed E-state index contributed by atoms with van der Waals surface area (Å²) in [6.07, 6.45) is 15.4. The van der Waals surface area contributed by atoms with Gasteiger partial charge in [0.1, 0.15) is 0 Å². The largest absolute Gasteiger partial charge is 0.466 e. The Morgan fingerprint density at radius 3 is 2.11 bits per heavy atom. The molecule has 2 heteroatoms. The predicted molar refractivity (Wildman–Crippen MR) is 77.6 cm³/mol. The monoisotopic (exact) mass is 254 g/mol. The number of esters is 1. The van der Waals surface area contributed by atoms with Crippen LogP contribution in [0, 0.1) is 0 Å². The Kier molecular flexibility index (Phi) is 13.6. The molecule has 0 amide bonds. The van der Waals surface area contributed by atoms with Gasteiger partial charge < -0.3 is 4.74 Å². The molecule has 0 unspecified atom stereocenters. The van der Waals surface area contributed by atoms with E-state index < -0.39 is 0 Å². The highest BCUT2D eigenvalue weighted by atomic mass is 16.5. The third-order valence-corrected chi connectivity index (χ3v) is 2.90. The maximum absolute atomic E-state index is 11.3. The van der Waals surface area contributed by atoms with Crippen LogP contribution in [0.4, 0.5) is 0 Å². The lowest BCUT2D eigenvalue weighted by molar-refractivity contribution is -0.143. The van der Waals surface area contributed by atoms with Crippen molar-refractivity contribution < 1.29 is 9.53 Å². The van der Waals surface area contributed by atoms with E-state index in [1.165, 1.54) is 25.7 Å². The molecule has 0 saturated carbocycles. The molecule has 0 saturated heterocycles. The Hall–Kier alpha value is -0.790. The summed E-state index contributed by atoms with van der Waals surface area (Å²) < 4.78 is 5.10. The second kappa shape index (κ2) is 14.3. The van der Waals surface area contributed by atoms with E-state index in [9.17, 15) is 4.79 Å². The van der Waals surface area contributed by atoms with E-state index in [1.807, 2.05) is 0 Å². The summed E-state index contributed by atoms with van der Waals surface area (Å²) in [7, 11) is 0. The van der Waals surface area contributed by atoms with Gasteiger partial charge in [-0.1, -0.05) is 45.3 Å². The van der Waals surface area contributed by atoms with Gasteiger partial charge in [-0.15, -0.1) is 0 Å². The Balaban J connectivity index is 3.21. The Morgan fingerprint density at radius 1 is 0.889 bits per heavy atom. The van der Waals surface area contributed by atoms with Crippen LogP contribution in [0.15, 0.2) is 12.2 Å². The standard InChI is InChI=1S/C16H30O2/c1-3-5-7-8-9-10-11-12-13-14-16(17)18-15-6-4-2/h9-10H,3-8,11-15H2,1-2H3. The number of carbonyl (C=O) groups is 1. The van der Waals surface area contributed by atoms with Crippen molar-refractivity contribution in [3.63, 3.8) is 0 Å². The molecule has 0 fully saturated rings. The van der Waals surface area contributed by atoms with Gasteiger partial charge in [-0.05, 0) is 38.5 Å². The van der Waals surface area contributed by atoms with Crippen LogP contribution in [0.2, 0.25) is 0 Å². The molecule has 18 heavy (non-hydrogen) atoms. The molecule has 0 aliphatic carbocycles. The molecule has 0 aromatic carbocycles. The van der Waals surface area contributed by atoms with Crippen LogP contribution < -0.4 is 0 Å². The lowest BCUT2D eigenvalue weighted by Crippen LogP contribution is -2.05. The summed E-state index contributed by atoms with van der Waals surface area (Å²) in [4.78, 5) is 11.3. The molecule has 0 spiro atoms. The van der Waals surface area contributed by atoms with Gasteiger partial charge in [0.15, 0.2) is 0 Å². The average molecular weight is 254 g/mol. The zero-order chi connectivity index (χ0) is 13.5. The molecule has 0 N–H and O–H groups in total. The first-order chi connectivity index (χ1) is 8.81. The highest BCUT2D eigenvalue weighted by Gasteiger charge is 2.00. The van der Waals surface area contributed by atoms with Crippen LogP contribution in [0.5, 0.6) is 0 Å². The average Bonchev–Trinajstić information content (AvgIpc) is 2.37. The lowest BCUT2D eigenvalue weighted by atomic mass is 10.1. The summed E-state index contributed by atoms with van der Waals surface area (Å²) >= 11 is 0. The van der Waals surface area contributed by atoms with Crippen LogP contribution in [-0.2, 0) is 9.53 Å². The van der Waals surface area contributed by atoms with Crippen molar-refractivity contribution in [1.29, 1.82) is 0 Å². The number of allylic oxidation sites excluding steroid dienone is 2. The molecule has 106 valence electrons. The van der Waals surface area contributed by atoms with Crippen LogP contribution >= 0.6 is 0 Å². The van der Waals surface area contributed by atoms with Gasteiger partial charge in [-0.2, -0.15) is 0 Å². The van der Waals surface area contributed by atoms with Crippen molar-refractivity contribution in [1.82, 2.24) is 0 Å². The van der Waals surface area contributed by atoms with Crippen LogP contribution in [0.1, 0.15) is 78.1 Å². The SMILES string of the molecule is CCCCCC=CCCCCC(=O)OCCCC. The number of carbonyl (C=O) groups excluding carboxylic acids is 1. The van der Waals surface area contributed by atoms with Crippen molar-refractivity contribution in [3.05, 3.63) is 12.2 Å². The van der Waals surface area contributed by atoms with Crippen molar-refractivity contribution in [2.45, 2.75) is 78.1 Å². The highest BCUT2D eigenvalue weighted by molar-refractivity contribution is 5.69. The first-order valence-electron chi connectivity index (χ1n) is 7.61. The van der Waals surface area contributed by atoms with Gasteiger partial charge in [0, 0.05) is 6.42 Å². The molecule has 0 atom stereocenters. The topological polar surface area (TPSA) is 26.3 Å². The molecule has 0 aliphatic rings. The lowest BCUT2D eigenvalue weighted by Gasteiger charge is -2.02. The molecule has 0 rings (SSSR count). The fraction of sp³-hybridized carbons (Fsp3) is 0.812. The van der Waals surface area contributed by atoms with Gasteiger partial charge in [0.25, 0.3) is 0 Å². The summed E-state index contributed by atoms with van der Waals surface area (Å²) in [6.45, 7) is 4.91. The molecule has 0 aliphatic heterocycles. The summed E-state index contributed by atoms with van der Waals surface area (Å²) in [5.74, 6) is -0.0321. The van der Waals surface area contributed by atoms with E-state index in [2.05, 4.69) is 26.0 Å². The molecular formula is C16H30O2. The van der Waals surface area contributed by atoms with Crippen LogP contribution in [0.25, 0.3) is 0 Å². The van der Waals surface area contributed by atoms with Gasteiger partial charge in [0.2, 0.25) is 0 Å². The van der Waals surface area contributed by atoms with Crippen molar-refractivity contribution >= 4 is 5.97 Å². The number of rotatable bonds is 12.